The SMILES string of the molecule is Cc1ccc([C@H](C)N=[N+]=[N-])s1. The molecule has 1 rings (SSSR count). The molecule has 11 heavy (non-hydrogen) atoms. The van der Waals surface area contributed by atoms with E-state index >= 15 is 0 Å². The number of hydrogen-bond acceptors (Lipinski definition) is 2. The van der Waals surface area contributed by atoms with E-state index in [0.29, 0.717) is 0 Å². The molecule has 0 amide bonds. The highest BCUT2D eigenvalue weighted by molar-refractivity contribution is 7.12. The molecule has 1 aromatic rings. The van der Waals surface area contributed by atoms with Crippen LogP contribution in [-0.4, -0.2) is 0 Å². The number of hydrogen-bond donors (Lipinski definition) is 0. The lowest BCUT2D eigenvalue weighted by Crippen LogP contribution is -1.79. The Morgan fingerprint density at radius 1 is 1.64 bits per heavy atom. The molecular weight excluding hydrogens is 158 g/mol. The van der Waals surface area contributed by atoms with Crippen molar-refractivity contribution in [3.05, 3.63) is 32.3 Å². The van der Waals surface area contributed by atoms with E-state index in [2.05, 4.69) is 10.0 Å². The molecule has 1 aromatic heterocycles. The molecule has 0 unspecified atom stereocenters. The standard InChI is InChI=1S/C7H9N3S/c1-5-3-4-7(11-5)6(2)9-10-8/h3-4,6H,1-2H3/t6-/m0/s1. The largest absolute Gasteiger partial charge is 0.145 e. The van der Waals surface area contributed by atoms with E-state index in [-0.39, 0.29) is 6.04 Å². The Bertz CT molecular complexity index is 286. The van der Waals surface area contributed by atoms with Gasteiger partial charge in [-0.1, -0.05) is 12.0 Å². The molecule has 4 heteroatoms. The summed E-state index contributed by atoms with van der Waals surface area (Å²) in [5, 5.41) is 3.60. The fourth-order valence-electron chi connectivity index (χ4n) is 0.812. The first kappa shape index (κ1) is 8.11. The Labute approximate surface area is 69.3 Å². The van der Waals surface area contributed by atoms with Crippen LogP contribution in [0, 0.1) is 6.92 Å². The normalized spacial score (nSPS) is 12.2. The van der Waals surface area contributed by atoms with Gasteiger partial charge in [0.1, 0.15) is 0 Å². The Morgan fingerprint density at radius 3 is 2.82 bits per heavy atom. The predicted octanol–water partition coefficient (Wildman–Crippen LogP) is 3.43. The van der Waals surface area contributed by atoms with Crippen molar-refractivity contribution in [3.8, 4) is 0 Å². The van der Waals surface area contributed by atoms with Crippen molar-refractivity contribution in [3.63, 3.8) is 0 Å². The Kier molecular flexibility index (Phi) is 2.52. The van der Waals surface area contributed by atoms with Crippen LogP contribution in [0.4, 0.5) is 0 Å². The van der Waals surface area contributed by atoms with Crippen molar-refractivity contribution < 1.29 is 0 Å². The van der Waals surface area contributed by atoms with Gasteiger partial charge >= 0.3 is 0 Å². The van der Waals surface area contributed by atoms with E-state index < -0.39 is 0 Å². The first-order chi connectivity index (χ1) is 5.24. The second-order valence-electron chi connectivity index (χ2n) is 2.33. The van der Waals surface area contributed by atoms with Gasteiger partial charge in [-0.2, -0.15) is 0 Å². The minimum atomic E-state index is -0.0290. The van der Waals surface area contributed by atoms with Crippen molar-refractivity contribution >= 4 is 11.3 Å². The van der Waals surface area contributed by atoms with Crippen LogP contribution >= 0.6 is 11.3 Å². The summed E-state index contributed by atoms with van der Waals surface area (Å²) < 4.78 is 0. The number of nitrogens with zero attached hydrogens (tertiary/aromatic N) is 3. The lowest BCUT2D eigenvalue weighted by atomic mass is 10.3. The van der Waals surface area contributed by atoms with Crippen LogP contribution in [0.3, 0.4) is 0 Å². The van der Waals surface area contributed by atoms with Crippen LogP contribution in [0.25, 0.3) is 10.4 Å². The molecule has 1 heterocycles. The van der Waals surface area contributed by atoms with Gasteiger partial charge in [-0.05, 0) is 24.6 Å². The van der Waals surface area contributed by atoms with Gasteiger partial charge in [0.25, 0.3) is 0 Å². The molecule has 0 saturated heterocycles. The zero-order valence-electron chi connectivity index (χ0n) is 6.48. The number of thiophene rings is 1. The maximum atomic E-state index is 8.17. The third-order valence-electron chi connectivity index (χ3n) is 1.40. The lowest BCUT2D eigenvalue weighted by molar-refractivity contribution is 0.827. The van der Waals surface area contributed by atoms with Gasteiger partial charge in [0.2, 0.25) is 0 Å². The second-order valence-corrected chi connectivity index (χ2v) is 3.65. The quantitative estimate of drug-likeness (QED) is 0.368. The van der Waals surface area contributed by atoms with Gasteiger partial charge in [0, 0.05) is 14.7 Å². The van der Waals surface area contributed by atoms with Gasteiger partial charge in [-0.25, -0.2) is 0 Å². The maximum absolute atomic E-state index is 8.17. The predicted molar refractivity (Wildman–Crippen MR) is 46.6 cm³/mol. The van der Waals surface area contributed by atoms with E-state index in [1.54, 1.807) is 11.3 Å². The molecule has 0 spiro atoms. The second kappa shape index (κ2) is 3.42. The van der Waals surface area contributed by atoms with Gasteiger partial charge in [-0.3, -0.25) is 0 Å². The van der Waals surface area contributed by atoms with Crippen molar-refractivity contribution in [2.24, 2.45) is 5.11 Å². The number of azide groups is 1. The summed E-state index contributed by atoms with van der Waals surface area (Å²) in [5.74, 6) is 0. The van der Waals surface area contributed by atoms with Gasteiger partial charge in [0.15, 0.2) is 0 Å². The molecule has 0 bridgehead atoms. The summed E-state index contributed by atoms with van der Waals surface area (Å²) in [4.78, 5) is 5.13. The first-order valence-corrected chi connectivity index (χ1v) is 4.16. The average molecular weight is 167 g/mol. The molecule has 3 nitrogen and oxygen atoms in total. The van der Waals surface area contributed by atoms with Gasteiger partial charge < -0.3 is 0 Å². The average Bonchev–Trinajstić information content (AvgIpc) is 2.36. The van der Waals surface area contributed by atoms with Crippen LogP contribution < -0.4 is 0 Å². The summed E-state index contributed by atoms with van der Waals surface area (Å²) >= 11 is 1.67. The van der Waals surface area contributed by atoms with E-state index in [9.17, 15) is 0 Å². The zero-order valence-corrected chi connectivity index (χ0v) is 7.30. The maximum Gasteiger partial charge on any atom is 0.0690 e. The zero-order chi connectivity index (χ0) is 8.27. The van der Waals surface area contributed by atoms with E-state index in [1.165, 1.54) is 4.88 Å². The Hall–Kier alpha value is -0.990. The highest BCUT2D eigenvalue weighted by Crippen LogP contribution is 2.24. The Balaban J connectivity index is 2.84. The van der Waals surface area contributed by atoms with Crippen molar-refractivity contribution in [1.82, 2.24) is 0 Å². The molecule has 0 fully saturated rings. The van der Waals surface area contributed by atoms with E-state index in [0.717, 1.165) is 4.88 Å². The number of rotatable bonds is 2. The van der Waals surface area contributed by atoms with Crippen LogP contribution in [-0.2, 0) is 0 Å². The first-order valence-electron chi connectivity index (χ1n) is 3.34. The van der Waals surface area contributed by atoms with Crippen molar-refractivity contribution in [2.45, 2.75) is 19.9 Å². The Morgan fingerprint density at radius 2 is 2.36 bits per heavy atom. The van der Waals surface area contributed by atoms with Crippen molar-refractivity contribution in [1.29, 1.82) is 0 Å². The summed E-state index contributed by atoms with van der Waals surface area (Å²) in [5.41, 5.74) is 8.17. The van der Waals surface area contributed by atoms with Crippen molar-refractivity contribution in [2.75, 3.05) is 0 Å². The smallest absolute Gasteiger partial charge is 0.0690 e. The van der Waals surface area contributed by atoms with Crippen LogP contribution in [0.2, 0.25) is 0 Å². The summed E-state index contributed by atoms with van der Waals surface area (Å²) in [7, 11) is 0. The highest BCUT2D eigenvalue weighted by atomic mass is 32.1. The molecule has 0 aliphatic heterocycles. The summed E-state index contributed by atoms with van der Waals surface area (Å²) in [6.45, 7) is 3.93. The molecule has 0 aliphatic carbocycles. The number of aryl methyl sites for hydroxylation is 1. The van der Waals surface area contributed by atoms with E-state index in [4.69, 9.17) is 5.53 Å². The topological polar surface area (TPSA) is 48.8 Å². The molecule has 0 aromatic carbocycles. The molecular formula is C7H9N3S. The molecule has 0 saturated carbocycles. The molecule has 0 N–H and O–H groups in total. The molecule has 1 atom stereocenters. The third kappa shape index (κ3) is 1.97. The fraction of sp³-hybridized carbons (Fsp3) is 0.429. The van der Waals surface area contributed by atoms with Gasteiger partial charge in [0.05, 0.1) is 6.04 Å². The minimum Gasteiger partial charge on any atom is -0.145 e. The van der Waals surface area contributed by atoms with Gasteiger partial charge in [-0.15, -0.1) is 11.3 Å². The van der Waals surface area contributed by atoms with Crippen LogP contribution in [0.15, 0.2) is 17.2 Å². The highest BCUT2D eigenvalue weighted by Gasteiger charge is 2.03. The summed E-state index contributed by atoms with van der Waals surface area (Å²) in [6, 6.07) is 4.00. The monoisotopic (exact) mass is 167 g/mol. The molecule has 0 radical (unpaired) electrons. The minimum absolute atomic E-state index is 0.0290. The summed E-state index contributed by atoms with van der Waals surface area (Å²) in [6.07, 6.45) is 0. The van der Waals surface area contributed by atoms with Crippen LogP contribution in [0.1, 0.15) is 22.7 Å². The molecule has 58 valence electrons. The van der Waals surface area contributed by atoms with E-state index in [1.807, 2.05) is 26.0 Å². The molecule has 0 aliphatic rings. The third-order valence-corrected chi connectivity index (χ3v) is 2.57. The lowest BCUT2D eigenvalue weighted by Gasteiger charge is -1.96. The van der Waals surface area contributed by atoms with Crippen LogP contribution in [0.5, 0.6) is 0 Å². The fourth-order valence-corrected chi connectivity index (χ4v) is 1.67.